The highest BCUT2D eigenvalue weighted by Crippen LogP contribution is 2.47. The normalized spacial score (nSPS) is 23.5. The van der Waals surface area contributed by atoms with E-state index in [0.29, 0.717) is 6.42 Å². The molecule has 26 heavy (non-hydrogen) atoms. The van der Waals surface area contributed by atoms with Crippen LogP contribution in [0.1, 0.15) is 39.5 Å². The summed E-state index contributed by atoms with van der Waals surface area (Å²) >= 11 is 5.57. The maximum absolute atomic E-state index is 14.7. The van der Waals surface area contributed by atoms with Crippen LogP contribution in [0.15, 0.2) is 23.3 Å². The Hall–Kier alpha value is -1.68. The predicted octanol–water partition coefficient (Wildman–Crippen LogP) is 4.34. The van der Waals surface area contributed by atoms with Gasteiger partial charge in [0.15, 0.2) is 5.83 Å². The number of alkyl halides is 1. The summed E-state index contributed by atoms with van der Waals surface area (Å²) in [6.07, 6.45) is -1.12. The summed E-state index contributed by atoms with van der Waals surface area (Å²) in [6.45, 7) is 2.41. The molecular formula is C15H21ClF3N3O4. The molecule has 0 aromatic heterocycles. The van der Waals surface area contributed by atoms with E-state index in [1.165, 1.54) is 13.0 Å². The van der Waals surface area contributed by atoms with Gasteiger partial charge in [-0.25, -0.2) is 8.78 Å². The Bertz CT molecular complexity index is 603. The summed E-state index contributed by atoms with van der Waals surface area (Å²) in [6, 6.07) is -1.25. The molecule has 11 heteroatoms. The second kappa shape index (κ2) is 9.31. The first kappa shape index (κ1) is 22.4. The van der Waals surface area contributed by atoms with E-state index in [1.54, 1.807) is 6.92 Å². The van der Waals surface area contributed by atoms with E-state index in [-0.39, 0.29) is 29.4 Å². The van der Waals surface area contributed by atoms with Gasteiger partial charge in [0, 0.05) is 17.8 Å². The van der Waals surface area contributed by atoms with Gasteiger partial charge in [0.2, 0.25) is 0 Å². The van der Waals surface area contributed by atoms with Crippen molar-refractivity contribution in [2.45, 2.75) is 51.7 Å². The first-order valence-corrected chi connectivity index (χ1v) is 8.65. The summed E-state index contributed by atoms with van der Waals surface area (Å²) in [4.78, 5) is 19.1. The molecule has 2 atom stereocenters. The Kier molecular flexibility index (Phi) is 8.01. The summed E-state index contributed by atoms with van der Waals surface area (Å²) < 4.78 is 43.6. The van der Waals surface area contributed by atoms with Gasteiger partial charge in [-0.1, -0.05) is 26.3 Å². The quantitative estimate of drug-likeness (QED) is 0.179. The molecule has 7 nitrogen and oxygen atoms in total. The summed E-state index contributed by atoms with van der Waals surface area (Å²) in [5.41, 5.74) is -1.61. The number of nitro groups is 2. The molecule has 0 fully saturated rings. The SMILES string of the molecule is CCCC1(C)C(F)=C(F)C(CCCl)=CC1N(F)CCC([N+](=O)[O-])[N+](=O)[O-]. The van der Waals surface area contributed by atoms with Gasteiger partial charge in [0.1, 0.15) is 12.2 Å². The van der Waals surface area contributed by atoms with Crippen LogP contribution in [0.5, 0.6) is 0 Å². The molecule has 0 aliphatic heterocycles. The fraction of sp³-hybridized carbons (Fsp3) is 0.733. The highest BCUT2D eigenvalue weighted by atomic mass is 35.5. The Morgan fingerprint density at radius 2 is 1.92 bits per heavy atom. The largest absolute Gasteiger partial charge is 0.452 e. The average Bonchev–Trinajstić information content (AvgIpc) is 2.55. The van der Waals surface area contributed by atoms with Crippen LogP contribution < -0.4 is 0 Å². The van der Waals surface area contributed by atoms with Gasteiger partial charge < -0.3 is 0 Å². The van der Waals surface area contributed by atoms with E-state index < -0.39 is 52.1 Å². The molecule has 0 spiro atoms. The number of hydrogen-bond acceptors (Lipinski definition) is 5. The zero-order chi connectivity index (χ0) is 20.1. The van der Waals surface area contributed by atoms with Crippen LogP contribution in [-0.4, -0.2) is 39.6 Å². The van der Waals surface area contributed by atoms with Crippen LogP contribution in [0.3, 0.4) is 0 Å². The number of halogens is 4. The lowest BCUT2D eigenvalue weighted by atomic mass is 9.72. The van der Waals surface area contributed by atoms with E-state index >= 15 is 0 Å². The Morgan fingerprint density at radius 3 is 2.38 bits per heavy atom. The monoisotopic (exact) mass is 399 g/mol. The molecule has 0 bridgehead atoms. The first-order valence-electron chi connectivity index (χ1n) is 8.12. The zero-order valence-corrected chi connectivity index (χ0v) is 15.2. The van der Waals surface area contributed by atoms with Crippen molar-refractivity contribution in [1.29, 1.82) is 0 Å². The van der Waals surface area contributed by atoms with Crippen molar-refractivity contribution >= 4 is 11.6 Å². The minimum atomic E-state index is -2.17. The van der Waals surface area contributed by atoms with Crippen molar-refractivity contribution in [2.24, 2.45) is 5.41 Å². The van der Waals surface area contributed by atoms with Gasteiger partial charge in [-0.05, 0) is 18.4 Å². The maximum Gasteiger partial charge on any atom is 0.452 e. The van der Waals surface area contributed by atoms with Crippen LogP contribution in [0, 0.1) is 25.6 Å². The molecule has 1 rings (SSSR count). The van der Waals surface area contributed by atoms with Crippen molar-refractivity contribution in [1.82, 2.24) is 5.12 Å². The standard InChI is InChI=1S/C15H21ClF3N3O4/c1-3-6-15(2)11(9-10(4-7-16)13(17)14(15)18)20(19)8-5-12(21(23)24)22(25)26/h9,11-12H,3-8H2,1-2H3. The molecule has 2 unspecified atom stereocenters. The van der Waals surface area contributed by atoms with Crippen molar-refractivity contribution in [3.63, 3.8) is 0 Å². The third kappa shape index (κ3) is 4.73. The van der Waals surface area contributed by atoms with Crippen LogP contribution in [0.2, 0.25) is 0 Å². The molecule has 0 saturated carbocycles. The number of hydrogen-bond donors (Lipinski definition) is 0. The molecule has 0 heterocycles. The van der Waals surface area contributed by atoms with E-state index in [4.69, 9.17) is 11.6 Å². The molecule has 0 aromatic carbocycles. The fourth-order valence-corrected chi connectivity index (χ4v) is 3.30. The third-order valence-corrected chi connectivity index (χ3v) is 4.70. The molecule has 0 aromatic rings. The number of allylic oxidation sites excluding steroid dienone is 2. The van der Waals surface area contributed by atoms with Crippen molar-refractivity contribution in [3.05, 3.63) is 43.5 Å². The molecular weight excluding hydrogens is 379 g/mol. The number of nitrogens with zero attached hydrogens (tertiary/aromatic N) is 3. The van der Waals surface area contributed by atoms with Crippen molar-refractivity contribution in [2.75, 3.05) is 12.4 Å². The van der Waals surface area contributed by atoms with Gasteiger partial charge in [-0.3, -0.25) is 20.2 Å². The Balaban J connectivity index is 3.11. The molecule has 1 aliphatic rings. The van der Waals surface area contributed by atoms with Gasteiger partial charge in [0.05, 0.1) is 15.9 Å². The number of rotatable bonds is 10. The maximum atomic E-state index is 14.7. The topological polar surface area (TPSA) is 89.5 Å². The average molecular weight is 400 g/mol. The highest BCUT2D eigenvalue weighted by molar-refractivity contribution is 6.18. The highest BCUT2D eigenvalue weighted by Gasteiger charge is 2.46. The smallest absolute Gasteiger partial charge is 0.259 e. The second-order valence-electron chi connectivity index (χ2n) is 6.33. The van der Waals surface area contributed by atoms with Crippen LogP contribution in [0.25, 0.3) is 0 Å². The third-order valence-electron chi connectivity index (χ3n) is 4.51. The molecule has 0 amide bonds. The predicted molar refractivity (Wildman–Crippen MR) is 89.7 cm³/mol. The van der Waals surface area contributed by atoms with E-state index in [9.17, 15) is 33.5 Å². The lowest BCUT2D eigenvalue weighted by Gasteiger charge is -2.40. The van der Waals surface area contributed by atoms with Gasteiger partial charge in [-0.2, -0.15) is 0 Å². The molecule has 0 N–H and O–H groups in total. The molecule has 1 aliphatic carbocycles. The lowest BCUT2D eigenvalue weighted by molar-refractivity contribution is -0.743. The van der Waals surface area contributed by atoms with Gasteiger partial charge in [0.25, 0.3) is 0 Å². The fourth-order valence-electron chi connectivity index (χ4n) is 3.10. The van der Waals surface area contributed by atoms with Crippen LogP contribution in [0.4, 0.5) is 13.3 Å². The lowest BCUT2D eigenvalue weighted by Crippen LogP contribution is -2.46. The Labute approximate surface area is 153 Å². The Morgan fingerprint density at radius 1 is 1.35 bits per heavy atom. The van der Waals surface area contributed by atoms with Crippen molar-refractivity contribution in [3.8, 4) is 0 Å². The zero-order valence-electron chi connectivity index (χ0n) is 14.5. The van der Waals surface area contributed by atoms with Crippen LogP contribution >= 0.6 is 11.6 Å². The minimum absolute atomic E-state index is 0.000746. The first-order chi connectivity index (χ1) is 12.1. The van der Waals surface area contributed by atoms with E-state index in [0.717, 1.165) is 0 Å². The van der Waals surface area contributed by atoms with E-state index in [1.807, 2.05) is 0 Å². The van der Waals surface area contributed by atoms with Gasteiger partial charge in [-0.15, -0.1) is 21.2 Å². The summed E-state index contributed by atoms with van der Waals surface area (Å²) in [7, 11) is 0. The summed E-state index contributed by atoms with van der Waals surface area (Å²) in [5.74, 6) is -2.17. The van der Waals surface area contributed by atoms with Gasteiger partial charge >= 0.3 is 6.17 Å². The van der Waals surface area contributed by atoms with Crippen LogP contribution in [-0.2, 0) is 0 Å². The minimum Gasteiger partial charge on any atom is -0.259 e. The van der Waals surface area contributed by atoms with E-state index in [2.05, 4.69) is 0 Å². The second-order valence-corrected chi connectivity index (χ2v) is 6.71. The molecule has 0 radical (unpaired) electrons. The molecule has 148 valence electrons. The molecule has 0 saturated heterocycles. The van der Waals surface area contributed by atoms with Crippen molar-refractivity contribution < 1.29 is 23.1 Å². The summed E-state index contributed by atoms with van der Waals surface area (Å²) in [5, 5.41) is 21.4.